The van der Waals surface area contributed by atoms with E-state index in [2.05, 4.69) is 15.9 Å². The van der Waals surface area contributed by atoms with Crippen molar-refractivity contribution < 1.29 is 9.50 Å². The Morgan fingerprint density at radius 2 is 2.14 bits per heavy atom. The van der Waals surface area contributed by atoms with Gasteiger partial charge in [-0.3, -0.25) is 4.39 Å². The van der Waals surface area contributed by atoms with Crippen molar-refractivity contribution in [2.75, 3.05) is 6.67 Å². The Hall–Kier alpha value is -0.320. The molecule has 3 N–H and O–H groups in total. The molecule has 0 bridgehead atoms. The van der Waals surface area contributed by atoms with Crippen LogP contribution in [-0.2, 0) is 0 Å². The molecule has 0 aliphatic rings. The predicted octanol–water partition coefficient (Wildman–Crippen LogP) is 2.94. The quantitative estimate of drug-likeness (QED) is 0.896. The summed E-state index contributed by atoms with van der Waals surface area (Å²) < 4.78 is 12.6. The Balaban J connectivity index is 0.00000169. The Morgan fingerprint density at radius 1 is 1.50 bits per heavy atom. The zero-order valence-corrected chi connectivity index (χ0v) is 9.81. The van der Waals surface area contributed by atoms with Gasteiger partial charge in [-0.15, -0.1) is 12.4 Å². The molecule has 1 aromatic rings. The van der Waals surface area contributed by atoms with Crippen molar-refractivity contribution >= 4 is 28.3 Å². The van der Waals surface area contributed by atoms with Crippen molar-refractivity contribution in [3.05, 3.63) is 28.2 Å². The molecular formula is C9H12BrClFNO. The molecule has 0 saturated carbocycles. The van der Waals surface area contributed by atoms with Gasteiger partial charge in [-0.2, -0.15) is 0 Å². The third-order valence-electron chi connectivity index (χ3n) is 1.82. The lowest BCUT2D eigenvalue weighted by molar-refractivity contribution is 0.441. The highest BCUT2D eigenvalue weighted by atomic mass is 79.9. The van der Waals surface area contributed by atoms with Gasteiger partial charge in [0.2, 0.25) is 0 Å². The molecule has 5 heteroatoms. The maximum Gasteiger partial charge on any atom is 0.129 e. The van der Waals surface area contributed by atoms with Gasteiger partial charge in [-0.05, 0) is 40.0 Å². The number of alkyl halides is 1. The van der Waals surface area contributed by atoms with Crippen LogP contribution in [0.15, 0.2) is 22.7 Å². The van der Waals surface area contributed by atoms with Crippen LogP contribution in [0.4, 0.5) is 4.39 Å². The number of benzene rings is 1. The molecule has 0 aliphatic heterocycles. The maximum absolute atomic E-state index is 12.0. The summed E-state index contributed by atoms with van der Waals surface area (Å²) in [5.74, 6) is 0.163. The van der Waals surface area contributed by atoms with Crippen molar-refractivity contribution in [1.82, 2.24) is 0 Å². The Morgan fingerprint density at radius 3 is 2.64 bits per heavy atom. The SMILES string of the molecule is Cl.N[C@@H](CCF)c1ccc(O)c(Br)c1. The number of hydrogen-bond acceptors (Lipinski definition) is 2. The molecule has 1 aromatic carbocycles. The van der Waals surface area contributed by atoms with Gasteiger partial charge in [-0.25, -0.2) is 0 Å². The van der Waals surface area contributed by atoms with Crippen LogP contribution >= 0.6 is 28.3 Å². The third kappa shape index (κ3) is 3.44. The van der Waals surface area contributed by atoms with Gasteiger partial charge < -0.3 is 10.8 Å². The summed E-state index contributed by atoms with van der Waals surface area (Å²) in [5, 5.41) is 9.19. The molecule has 0 heterocycles. The topological polar surface area (TPSA) is 46.2 Å². The van der Waals surface area contributed by atoms with Crippen molar-refractivity contribution in [1.29, 1.82) is 0 Å². The summed E-state index contributed by atoms with van der Waals surface area (Å²) in [6.45, 7) is -0.431. The second-order valence-electron chi connectivity index (χ2n) is 2.79. The fourth-order valence-corrected chi connectivity index (χ4v) is 1.43. The molecule has 2 nitrogen and oxygen atoms in total. The smallest absolute Gasteiger partial charge is 0.129 e. The van der Waals surface area contributed by atoms with E-state index in [-0.39, 0.29) is 24.2 Å². The summed E-state index contributed by atoms with van der Waals surface area (Å²) in [4.78, 5) is 0. The molecular weight excluding hydrogens is 272 g/mol. The molecule has 0 aliphatic carbocycles. The van der Waals surface area contributed by atoms with Crippen LogP contribution in [0.3, 0.4) is 0 Å². The molecule has 0 radical (unpaired) electrons. The summed E-state index contributed by atoms with van der Waals surface area (Å²) in [6, 6.07) is 4.63. The zero-order valence-electron chi connectivity index (χ0n) is 7.41. The molecule has 0 spiro atoms. The van der Waals surface area contributed by atoms with Gasteiger partial charge in [-0.1, -0.05) is 6.07 Å². The van der Waals surface area contributed by atoms with Gasteiger partial charge in [0.1, 0.15) is 5.75 Å². The predicted molar refractivity (Wildman–Crippen MR) is 60.6 cm³/mol. The minimum atomic E-state index is -0.431. The highest BCUT2D eigenvalue weighted by Gasteiger charge is 2.07. The van der Waals surface area contributed by atoms with E-state index in [1.807, 2.05) is 0 Å². The van der Waals surface area contributed by atoms with Crippen LogP contribution < -0.4 is 5.73 Å². The van der Waals surface area contributed by atoms with Crippen LogP contribution in [0, 0.1) is 0 Å². The summed E-state index contributed by atoms with van der Waals surface area (Å²) in [6.07, 6.45) is 0.303. The lowest BCUT2D eigenvalue weighted by Gasteiger charge is -2.10. The van der Waals surface area contributed by atoms with E-state index in [0.717, 1.165) is 5.56 Å². The van der Waals surface area contributed by atoms with E-state index in [0.29, 0.717) is 10.9 Å². The fourth-order valence-electron chi connectivity index (χ4n) is 1.04. The van der Waals surface area contributed by atoms with E-state index in [1.165, 1.54) is 6.07 Å². The Kier molecular flexibility index (Phi) is 6.08. The Labute approximate surface area is 96.8 Å². The first-order chi connectivity index (χ1) is 6.15. The zero-order chi connectivity index (χ0) is 9.84. The van der Waals surface area contributed by atoms with Gasteiger partial charge in [0.05, 0.1) is 11.1 Å². The molecule has 1 rings (SSSR count). The number of halogens is 3. The minimum absolute atomic E-state index is 0. The average molecular weight is 285 g/mol. The summed E-state index contributed by atoms with van der Waals surface area (Å²) in [5.41, 5.74) is 6.50. The molecule has 0 aromatic heterocycles. The minimum Gasteiger partial charge on any atom is -0.507 e. The largest absolute Gasteiger partial charge is 0.507 e. The van der Waals surface area contributed by atoms with Crippen LogP contribution in [0.2, 0.25) is 0 Å². The van der Waals surface area contributed by atoms with Crippen molar-refractivity contribution in [2.24, 2.45) is 5.73 Å². The first-order valence-corrected chi connectivity index (χ1v) is 4.74. The molecule has 0 saturated heterocycles. The summed E-state index contributed by atoms with van der Waals surface area (Å²) >= 11 is 3.17. The van der Waals surface area contributed by atoms with E-state index in [4.69, 9.17) is 5.73 Å². The van der Waals surface area contributed by atoms with E-state index in [1.54, 1.807) is 12.1 Å². The number of hydrogen-bond donors (Lipinski definition) is 2. The van der Waals surface area contributed by atoms with Crippen LogP contribution in [0.1, 0.15) is 18.0 Å². The van der Waals surface area contributed by atoms with Crippen LogP contribution in [0.5, 0.6) is 5.75 Å². The van der Waals surface area contributed by atoms with E-state index < -0.39 is 6.67 Å². The number of aromatic hydroxyl groups is 1. The van der Waals surface area contributed by atoms with Gasteiger partial charge in [0.15, 0.2) is 0 Å². The Bertz CT molecular complexity index is 298. The molecule has 14 heavy (non-hydrogen) atoms. The molecule has 0 fully saturated rings. The lowest BCUT2D eigenvalue weighted by Crippen LogP contribution is -2.10. The van der Waals surface area contributed by atoms with Crippen molar-refractivity contribution in [3.63, 3.8) is 0 Å². The molecule has 80 valence electrons. The fraction of sp³-hybridized carbons (Fsp3) is 0.333. The van der Waals surface area contributed by atoms with Gasteiger partial charge in [0.25, 0.3) is 0 Å². The maximum atomic E-state index is 12.0. The monoisotopic (exact) mass is 283 g/mol. The van der Waals surface area contributed by atoms with E-state index >= 15 is 0 Å². The third-order valence-corrected chi connectivity index (χ3v) is 2.46. The van der Waals surface area contributed by atoms with Gasteiger partial charge in [0, 0.05) is 6.04 Å². The number of rotatable bonds is 3. The normalized spacial score (nSPS) is 11.9. The van der Waals surface area contributed by atoms with Crippen molar-refractivity contribution in [3.8, 4) is 5.75 Å². The number of phenols is 1. The molecule has 0 unspecified atom stereocenters. The number of nitrogens with two attached hydrogens (primary N) is 1. The standard InChI is InChI=1S/C9H11BrFNO.ClH/c10-7-5-6(1-2-9(7)13)8(12)3-4-11;/h1-2,5,8,13H,3-4,12H2;1H/t8-;/m0./s1. The van der Waals surface area contributed by atoms with Crippen molar-refractivity contribution in [2.45, 2.75) is 12.5 Å². The second-order valence-corrected chi connectivity index (χ2v) is 3.65. The summed E-state index contributed by atoms with van der Waals surface area (Å²) in [7, 11) is 0. The first kappa shape index (κ1) is 13.7. The van der Waals surface area contributed by atoms with Crippen LogP contribution in [0.25, 0.3) is 0 Å². The lowest BCUT2D eigenvalue weighted by atomic mass is 10.1. The van der Waals surface area contributed by atoms with Gasteiger partial charge >= 0.3 is 0 Å². The number of phenolic OH excluding ortho intramolecular Hbond substituents is 1. The highest BCUT2D eigenvalue weighted by molar-refractivity contribution is 9.10. The van der Waals surface area contributed by atoms with E-state index in [9.17, 15) is 9.50 Å². The average Bonchev–Trinajstić information content (AvgIpc) is 2.10. The second kappa shape index (κ2) is 6.22. The highest BCUT2D eigenvalue weighted by Crippen LogP contribution is 2.27. The molecule has 0 amide bonds. The molecule has 1 atom stereocenters. The first-order valence-electron chi connectivity index (χ1n) is 3.95. The van der Waals surface area contributed by atoms with Crippen LogP contribution in [-0.4, -0.2) is 11.8 Å².